The maximum absolute atomic E-state index is 9.94. The van der Waals surface area contributed by atoms with Crippen molar-refractivity contribution in [3.05, 3.63) is 89.0 Å². The number of thioether (sulfide) groups is 1. The number of fused-ring (bicyclic) bond motifs is 1. The Hall–Kier alpha value is -3.80. The van der Waals surface area contributed by atoms with E-state index in [1.54, 1.807) is 0 Å². The lowest BCUT2D eigenvalue weighted by Gasteiger charge is -2.13. The van der Waals surface area contributed by atoms with E-state index >= 15 is 0 Å². The number of nitrogen functional groups attached to an aromatic ring is 1. The number of pyridine rings is 1. The van der Waals surface area contributed by atoms with Gasteiger partial charge in [0.25, 0.3) is 0 Å². The number of anilines is 1. The van der Waals surface area contributed by atoms with Gasteiger partial charge in [0, 0.05) is 11.3 Å². The summed E-state index contributed by atoms with van der Waals surface area (Å²) >= 11 is 1.46. The van der Waals surface area contributed by atoms with Gasteiger partial charge in [-0.3, -0.25) is 0 Å². The van der Waals surface area contributed by atoms with Gasteiger partial charge >= 0.3 is 0 Å². The molecule has 0 radical (unpaired) electrons. The van der Waals surface area contributed by atoms with Gasteiger partial charge in [-0.25, -0.2) is 4.98 Å². The van der Waals surface area contributed by atoms with Crippen molar-refractivity contribution >= 4 is 28.4 Å². The van der Waals surface area contributed by atoms with E-state index in [4.69, 9.17) is 5.73 Å². The zero-order chi connectivity index (χ0) is 21.1. The molecule has 0 saturated carbocycles. The number of hydrogen-bond acceptors (Lipinski definition) is 5. The van der Waals surface area contributed by atoms with Crippen molar-refractivity contribution in [3.63, 3.8) is 0 Å². The lowest BCUT2D eigenvalue weighted by molar-refractivity contribution is 1.11. The van der Waals surface area contributed by atoms with Crippen molar-refractivity contribution in [2.45, 2.75) is 17.7 Å². The molecule has 0 unspecified atom stereocenters. The van der Waals surface area contributed by atoms with Crippen LogP contribution < -0.4 is 5.73 Å². The summed E-state index contributed by atoms with van der Waals surface area (Å²) in [5.41, 5.74) is 10.3. The van der Waals surface area contributed by atoms with Crippen LogP contribution >= 0.6 is 11.8 Å². The molecule has 0 atom stereocenters. The summed E-state index contributed by atoms with van der Waals surface area (Å²) in [7, 11) is 0. The minimum atomic E-state index is 0.146. The second-order valence-electron chi connectivity index (χ2n) is 6.94. The summed E-state index contributed by atoms with van der Waals surface area (Å²) in [5, 5.41) is 22.5. The number of rotatable bonds is 4. The summed E-state index contributed by atoms with van der Waals surface area (Å²) in [6.07, 6.45) is 0. The van der Waals surface area contributed by atoms with Crippen molar-refractivity contribution in [3.8, 4) is 23.3 Å². The number of aromatic nitrogens is 1. The van der Waals surface area contributed by atoms with Gasteiger partial charge in [-0.2, -0.15) is 10.5 Å². The van der Waals surface area contributed by atoms with E-state index in [1.165, 1.54) is 22.5 Å². The minimum absolute atomic E-state index is 0.146. The molecule has 2 N–H and O–H groups in total. The molecule has 30 heavy (non-hydrogen) atoms. The molecular weight excluding hydrogens is 388 g/mol. The maximum Gasteiger partial charge on any atom is 0.143 e. The molecule has 1 heterocycles. The Morgan fingerprint density at radius 1 is 0.900 bits per heavy atom. The molecule has 5 heteroatoms. The molecule has 4 rings (SSSR count). The first-order valence-corrected chi connectivity index (χ1v) is 10.4. The number of benzene rings is 3. The SMILES string of the molecule is Cc1ccc(-c2c(C#N)c(N)nc(SCc3cccc4ccccc34)c2C#N)cc1. The highest BCUT2D eigenvalue weighted by atomic mass is 32.2. The van der Waals surface area contributed by atoms with Crippen LogP contribution in [0.3, 0.4) is 0 Å². The number of aryl methyl sites for hydroxylation is 1. The van der Waals surface area contributed by atoms with E-state index < -0.39 is 0 Å². The van der Waals surface area contributed by atoms with E-state index in [9.17, 15) is 10.5 Å². The van der Waals surface area contributed by atoms with Gasteiger partial charge < -0.3 is 5.73 Å². The first-order chi connectivity index (χ1) is 14.6. The normalized spacial score (nSPS) is 10.5. The first kappa shape index (κ1) is 19.5. The Bertz CT molecular complexity index is 1320. The molecule has 0 aliphatic carbocycles. The van der Waals surface area contributed by atoms with Gasteiger partial charge in [-0.1, -0.05) is 72.3 Å². The summed E-state index contributed by atoms with van der Waals surface area (Å²) < 4.78 is 0. The van der Waals surface area contributed by atoms with Crippen LogP contribution in [0.2, 0.25) is 0 Å². The van der Waals surface area contributed by atoms with Crippen LogP contribution in [0, 0.1) is 29.6 Å². The van der Waals surface area contributed by atoms with Crippen LogP contribution in [-0.4, -0.2) is 4.98 Å². The van der Waals surface area contributed by atoms with Gasteiger partial charge in [0.05, 0.1) is 5.56 Å². The van der Waals surface area contributed by atoms with Gasteiger partial charge in [-0.15, -0.1) is 11.8 Å². The smallest absolute Gasteiger partial charge is 0.143 e. The summed E-state index contributed by atoms with van der Waals surface area (Å²) in [6.45, 7) is 1.99. The van der Waals surface area contributed by atoms with Crippen molar-refractivity contribution in [2.24, 2.45) is 0 Å². The molecule has 0 bridgehead atoms. The fraction of sp³-hybridized carbons (Fsp3) is 0.0800. The average Bonchev–Trinajstić information content (AvgIpc) is 2.77. The van der Waals surface area contributed by atoms with Crippen LogP contribution in [0.5, 0.6) is 0 Å². The summed E-state index contributed by atoms with van der Waals surface area (Å²) in [5.74, 6) is 0.786. The standard InChI is InChI=1S/C25H18N4S/c1-16-9-11-18(12-10-16)23-21(13-26)24(28)29-25(22(23)14-27)30-15-19-7-4-6-17-5-2-3-8-20(17)19/h2-12H,15H2,1H3,(H2,28,29). The molecule has 0 spiro atoms. The van der Waals surface area contributed by atoms with Gasteiger partial charge in [0.15, 0.2) is 0 Å². The highest BCUT2D eigenvalue weighted by Gasteiger charge is 2.20. The fourth-order valence-corrected chi connectivity index (χ4v) is 4.47. The zero-order valence-corrected chi connectivity index (χ0v) is 17.2. The number of nitrogens with two attached hydrogens (primary N) is 1. The Balaban J connectivity index is 1.80. The predicted molar refractivity (Wildman–Crippen MR) is 122 cm³/mol. The third kappa shape index (κ3) is 3.59. The molecule has 1 aromatic heterocycles. The fourth-order valence-electron chi connectivity index (χ4n) is 3.48. The third-order valence-electron chi connectivity index (χ3n) is 5.00. The molecule has 0 saturated heterocycles. The van der Waals surface area contributed by atoms with Gasteiger partial charge in [-0.05, 0) is 28.8 Å². The molecule has 0 fully saturated rings. The van der Waals surface area contributed by atoms with Crippen molar-refractivity contribution < 1.29 is 0 Å². The van der Waals surface area contributed by atoms with E-state index in [-0.39, 0.29) is 11.4 Å². The predicted octanol–water partition coefficient (Wildman–Crippen LogP) is 5.83. The zero-order valence-electron chi connectivity index (χ0n) is 16.4. The first-order valence-electron chi connectivity index (χ1n) is 9.42. The van der Waals surface area contributed by atoms with E-state index in [1.807, 2.05) is 49.4 Å². The molecule has 0 amide bonds. The number of nitrogens with zero attached hydrogens (tertiary/aromatic N) is 3. The van der Waals surface area contributed by atoms with Crippen LogP contribution in [0.15, 0.2) is 71.8 Å². The molecule has 144 valence electrons. The Labute approximate surface area is 179 Å². The topological polar surface area (TPSA) is 86.5 Å². The van der Waals surface area contributed by atoms with Crippen LogP contribution in [-0.2, 0) is 5.75 Å². The Morgan fingerprint density at radius 3 is 2.33 bits per heavy atom. The molecule has 4 aromatic rings. The lowest BCUT2D eigenvalue weighted by Crippen LogP contribution is -2.03. The number of hydrogen-bond donors (Lipinski definition) is 1. The monoisotopic (exact) mass is 406 g/mol. The minimum Gasteiger partial charge on any atom is -0.383 e. The van der Waals surface area contributed by atoms with E-state index in [2.05, 4.69) is 41.4 Å². The summed E-state index contributed by atoms with van der Waals surface area (Å²) in [4.78, 5) is 4.41. The maximum atomic E-state index is 9.94. The highest BCUT2D eigenvalue weighted by molar-refractivity contribution is 7.98. The average molecular weight is 407 g/mol. The number of nitriles is 2. The van der Waals surface area contributed by atoms with Gasteiger partial charge in [0.2, 0.25) is 0 Å². The van der Waals surface area contributed by atoms with Gasteiger partial charge in [0.1, 0.15) is 28.5 Å². The lowest BCUT2D eigenvalue weighted by atomic mass is 9.96. The largest absolute Gasteiger partial charge is 0.383 e. The van der Waals surface area contributed by atoms with E-state index in [0.29, 0.717) is 21.9 Å². The summed E-state index contributed by atoms with van der Waals surface area (Å²) in [6, 6.07) is 26.5. The molecule has 3 aromatic carbocycles. The quantitative estimate of drug-likeness (QED) is 0.431. The molecule has 4 nitrogen and oxygen atoms in total. The van der Waals surface area contributed by atoms with E-state index in [0.717, 1.165) is 16.7 Å². The van der Waals surface area contributed by atoms with Crippen molar-refractivity contribution in [2.75, 3.05) is 5.73 Å². The van der Waals surface area contributed by atoms with Crippen LogP contribution in [0.25, 0.3) is 21.9 Å². The highest BCUT2D eigenvalue weighted by Crippen LogP contribution is 2.37. The van der Waals surface area contributed by atoms with Crippen LogP contribution in [0.1, 0.15) is 22.3 Å². The molecular formula is C25H18N4S. The van der Waals surface area contributed by atoms with Crippen molar-refractivity contribution in [1.82, 2.24) is 4.98 Å². The Kier molecular flexibility index (Phi) is 5.39. The molecule has 0 aliphatic rings. The molecule has 0 aliphatic heterocycles. The second-order valence-corrected chi connectivity index (χ2v) is 7.91. The third-order valence-corrected chi connectivity index (χ3v) is 6.02. The van der Waals surface area contributed by atoms with Crippen molar-refractivity contribution in [1.29, 1.82) is 10.5 Å². The Morgan fingerprint density at radius 2 is 1.60 bits per heavy atom. The second kappa shape index (κ2) is 8.29. The van der Waals surface area contributed by atoms with Crippen LogP contribution in [0.4, 0.5) is 5.82 Å².